The van der Waals surface area contributed by atoms with E-state index in [-0.39, 0.29) is 36.5 Å². The molecule has 12 heteroatoms. The highest BCUT2D eigenvalue weighted by Gasteiger charge is 2.28. The third-order valence-corrected chi connectivity index (χ3v) is 8.91. The Morgan fingerprint density at radius 1 is 0.979 bits per heavy atom. The molecule has 0 spiro atoms. The number of hydrogen-bond donors (Lipinski definition) is 1. The third-order valence-electron chi connectivity index (χ3n) is 8.91. The average Bonchev–Trinajstić information content (AvgIpc) is 3.46. The van der Waals surface area contributed by atoms with Crippen molar-refractivity contribution < 1.29 is 18.7 Å². The lowest BCUT2D eigenvalue weighted by molar-refractivity contribution is -0.147. The molecule has 5 rings (SSSR count). The molecule has 0 radical (unpaired) electrons. The Labute approximate surface area is 280 Å². The lowest BCUT2D eigenvalue weighted by atomic mass is 10.0. The molecule has 48 heavy (non-hydrogen) atoms. The predicted molar refractivity (Wildman–Crippen MR) is 184 cm³/mol. The van der Waals surface area contributed by atoms with E-state index in [0.29, 0.717) is 31.9 Å². The number of halogens is 1. The molecule has 2 aromatic carbocycles. The van der Waals surface area contributed by atoms with Gasteiger partial charge in [-0.1, -0.05) is 50.5 Å². The fourth-order valence-electron chi connectivity index (χ4n) is 6.15. The zero-order chi connectivity index (χ0) is 33.9. The number of nitrogens with one attached hydrogen (secondary N) is 1. The average molecular weight is 660 g/mol. The molecule has 0 atom stereocenters. The van der Waals surface area contributed by atoms with Crippen molar-refractivity contribution in [3.8, 4) is 0 Å². The maximum atomic E-state index is 13.6. The van der Waals surface area contributed by atoms with Crippen LogP contribution in [0.3, 0.4) is 0 Å². The van der Waals surface area contributed by atoms with Crippen LogP contribution < -0.4 is 20.7 Å². The van der Waals surface area contributed by atoms with Crippen molar-refractivity contribution >= 4 is 34.8 Å². The summed E-state index contributed by atoms with van der Waals surface area (Å²) in [5, 5.41) is 2.85. The van der Waals surface area contributed by atoms with Crippen LogP contribution in [-0.4, -0.2) is 63.7 Å². The Balaban J connectivity index is 1.16. The number of aromatic nitrogens is 4. The van der Waals surface area contributed by atoms with Gasteiger partial charge in [-0.15, -0.1) is 0 Å². The van der Waals surface area contributed by atoms with Gasteiger partial charge in [0.05, 0.1) is 17.6 Å². The first-order valence-corrected chi connectivity index (χ1v) is 17.0. The van der Waals surface area contributed by atoms with Crippen LogP contribution >= 0.6 is 0 Å². The summed E-state index contributed by atoms with van der Waals surface area (Å²) in [5.74, 6) is 0.613. The summed E-state index contributed by atoms with van der Waals surface area (Å²) < 4.78 is 22.6. The molecule has 1 N–H and O–H groups in total. The summed E-state index contributed by atoms with van der Waals surface area (Å²) >= 11 is 0. The van der Waals surface area contributed by atoms with Crippen molar-refractivity contribution in [2.45, 2.75) is 84.0 Å². The van der Waals surface area contributed by atoms with Crippen molar-refractivity contribution in [1.29, 1.82) is 0 Å². The molecule has 1 fully saturated rings. The Hall–Kier alpha value is -4.74. The number of carbonyl (C=O) groups excluding carboxylic acids is 2. The number of para-hydroxylation sites is 2. The lowest BCUT2D eigenvalue weighted by Crippen LogP contribution is -2.46. The number of ether oxygens (including phenoxy) is 1. The molecule has 1 aliphatic heterocycles. The highest BCUT2D eigenvalue weighted by Crippen LogP contribution is 2.28. The molecule has 1 aliphatic rings. The second-order valence-electron chi connectivity index (χ2n) is 12.4. The fourth-order valence-corrected chi connectivity index (χ4v) is 6.15. The van der Waals surface area contributed by atoms with E-state index in [1.54, 1.807) is 12.1 Å². The van der Waals surface area contributed by atoms with Gasteiger partial charge in [-0.2, -0.15) is 0 Å². The molecule has 1 saturated heterocycles. The van der Waals surface area contributed by atoms with Gasteiger partial charge >= 0.3 is 5.97 Å². The number of piperidine rings is 1. The molecule has 0 bridgehead atoms. The van der Waals surface area contributed by atoms with Gasteiger partial charge < -0.3 is 24.4 Å². The van der Waals surface area contributed by atoms with E-state index >= 15 is 0 Å². The Morgan fingerprint density at radius 3 is 2.52 bits per heavy atom. The van der Waals surface area contributed by atoms with Gasteiger partial charge in [0.15, 0.2) is 6.73 Å². The number of fused-ring (bicyclic) bond motifs is 1. The van der Waals surface area contributed by atoms with Crippen LogP contribution in [0.25, 0.3) is 11.0 Å². The summed E-state index contributed by atoms with van der Waals surface area (Å²) in [7, 11) is 1.91. The number of esters is 1. The van der Waals surface area contributed by atoms with Crippen LogP contribution in [0.2, 0.25) is 0 Å². The first kappa shape index (κ1) is 34.6. The normalized spacial score (nSPS) is 13.5. The van der Waals surface area contributed by atoms with E-state index in [4.69, 9.17) is 9.72 Å². The monoisotopic (exact) mass is 659 g/mol. The lowest BCUT2D eigenvalue weighted by Gasteiger charge is -2.38. The van der Waals surface area contributed by atoms with Crippen LogP contribution in [-0.2, 0) is 27.6 Å². The maximum absolute atomic E-state index is 13.6. The number of amides is 1. The van der Waals surface area contributed by atoms with Gasteiger partial charge in [-0.05, 0) is 55.5 Å². The number of unbranched alkanes of at least 4 members (excludes halogenated alkanes) is 3. The number of benzene rings is 2. The molecule has 4 aromatic rings. The minimum Gasteiger partial charge on any atom is -0.444 e. The number of nitrogens with zero attached hydrogens (tertiary/aromatic N) is 6. The van der Waals surface area contributed by atoms with Gasteiger partial charge in [0.2, 0.25) is 17.8 Å². The van der Waals surface area contributed by atoms with Crippen LogP contribution in [0.15, 0.2) is 65.6 Å². The number of imidazole rings is 1. The molecule has 0 aliphatic carbocycles. The molecule has 3 heterocycles. The number of anilines is 2. The van der Waals surface area contributed by atoms with Crippen LogP contribution in [0.5, 0.6) is 0 Å². The second kappa shape index (κ2) is 16.9. The smallest absolute Gasteiger partial charge is 0.307 e. The highest BCUT2D eigenvalue weighted by atomic mass is 19.1. The van der Waals surface area contributed by atoms with Crippen molar-refractivity contribution in [3.05, 3.63) is 82.5 Å². The zero-order valence-corrected chi connectivity index (χ0v) is 27.9. The van der Waals surface area contributed by atoms with E-state index in [1.165, 1.54) is 29.0 Å². The molecule has 11 nitrogen and oxygen atoms in total. The Kier molecular flexibility index (Phi) is 12.2. The predicted octanol–water partition coefficient (Wildman–Crippen LogP) is 5.25. The van der Waals surface area contributed by atoms with E-state index in [2.05, 4.69) is 32.8 Å². The molecule has 1 amide bonds. The van der Waals surface area contributed by atoms with E-state index in [0.717, 1.165) is 74.2 Å². The fraction of sp³-hybridized carbons (Fsp3) is 0.472. The van der Waals surface area contributed by atoms with E-state index < -0.39 is 5.97 Å². The summed E-state index contributed by atoms with van der Waals surface area (Å²) in [6, 6.07) is 16.0. The number of hydrogen-bond acceptors (Lipinski definition) is 8. The second-order valence-corrected chi connectivity index (χ2v) is 12.4. The summed E-state index contributed by atoms with van der Waals surface area (Å²) in [6.07, 6.45) is 8.35. The van der Waals surface area contributed by atoms with Gasteiger partial charge in [0, 0.05) is 57.8 Å². The maximum Gasteiger partial charge on any atom is 0.307 e. The van der Waals surface area contributed by atoms with Crippen LogP contribution in [0.4, 0.5) is 16.3 Å². The molecular formula is C36H46FN7O4. The van der Waals surface area contributed by atoms with Gasteiger partial charge in [-0.25, -0.2) is 18.9 Å². The zero-order valence-electron chi connectivity index (χ0n) is 27.9. The minimum atomic E-state index is -0.437. The highest BCUT2D eigenvalue weighted by molar-refractivity contribution is 5.79. The first-order chi connectivity index (χ1) is 23.3. The molecule has 0 unspecified atom stereocenters. The standard InChI is InChI=1S/C36H46FN7O4/c1-3-4-5-6-12-32(45)38-21-9-13-34(47)48-26-44-33(46)18-22-39-35(44)41(2)29-19-23-42(24-20-29)36-40-30-10-7-8-11-31(30)43(36)25-27-14-16-28(37)17-15-27/h7-8,10-11,14-18,22,29H,3-6,9,12-13,19-21,23-26H2,1-2H3,(H,38,45). The number of carbonyl (C=O) groups is 2. The Bertz CT molecular complexity index is 1710. The molecule has 2 aromatic heterocycles. The van der Waals surface area contributed by atoms with Crippen LogP contribution in [0, 0.1) is 5.82 Å². The van der Waals surface area contributed by atoms with Gasteiger partial charge in [0.1, 0.15) is 5.82 Å². The molecule has 256 valence electrons. The van der Waals surface area contributed by atoms with Gasteiger partial charge in [0.25, 0.3) is 5.56 Å². The van der Waals surface area contributed by atoms with Crippen LogP contribution in [0.1, 0.15) is 70.3 Å². The van der Waals surface area contributed by atoms with Crippen molar-refractivity contribution in [2.75, 3.05) is 36.5 Å². The van der Waals surface area contributed by atoms with E-state index in [9.17, 15) is 18.8 Å². The summed E-state index contributed by atoms with van der Waals surface area (Å²) in [6.45, 7) is 4.35. The van der Waals surface area contributed by atoms with Crippen molar-refractivity contribution in [3.63, 3.8) is 0 Å². The summed E-state index contributed by atoms with van der Waals surface area (Å²) in [5.41, 5.74) is 2.61. The summed E-state index contributed by atoms with van der Waals surface area (Å²) in [4.78, 5) is 51.0. The van der Waals surface area contributed by atoms with Crippen molar-refractivity contribution in [2.24, 2.45) is 0 Å². The topological polar surface area (TPSA) is 115 Å². The third kappa shape index (κ3) is 8.99. The SMILES string of the molecule is CCCCCCC(=O)NCCCC(=O)OCn1c(N(C)C2CCN(c3nc4ccccc4n3Cc3ccc(F)cc3)CC2)nccc1=O. The van der Waals surface area contributed by atoms with E-state index in [1.807, 2.05) is 30.1 Å². The first-order valence-electron chi connectivity index (χ1n) is 17.0. The largest absolute Gasteiger partial charge is 0.444 e. The minimum absolute atomic E-state index is 0.00328. The quantitative estimate of drug-likeness (QED) is 0.128. The Morgan fingerprint density at radius 2 is 1.75 bits per heavy atom. The molecular weight excluding hydrogens is 613 g/mol. The van der Waals surface area contributed by atoms with Crippen molar-refractivity contribution in [1.82, 2.24) is 24.4 Å². The number of rotatable bonds is 16. The van der Waals surface area contributed by atoms with Gasteiger partial charge in [-0.3, -0.25) is 14.4 Å². The molecule has 0 saturated carbocycles.